The van der Waals surface area contributed by atoms with Crippen molar-refractivity contribution in [3.05, 3.63) is 92.6 Å². The van der Waals surface area contributed by atoms with Gasteiger partial charge in [0, 0.05) is 25.1 Å². The van der Waals surface area contributed by atoms with E-state index >= 15 is 0 Å². The maximum absolute atomic E-state index is 13.4. The van der Waals surface area contributed by atoms with Gasteiger partial charge in [0.2, 0.25) is 5.95 Å². The highest BCUT2D eigenvalue weighted by molar-refractivity contribution is 5.94. The lowest BCUT2D eigenvalue weighted by Crippen LogP contribution is -2.41. The highest BCUT2D eigenvalue weighted by atomic mass is 19.4. The van der Waals surface area contributed by atoms with E-state index in [-0.39, 0.29) is 18.0 Å². The second-order valence-electron chi connectivity index (χ2n) is 8.79. The number of aromatic nitrogens is 2. The van der Waals surface area contributed by atoms with Gasteiger partial charge in [-0.15, -0.1) is 0 Å². The van der Waals surface area contributed by atoms with Crippen molar-refractivity contribution >= 4 is 11.9 Å². The predicted molar refractivity (Wildman–Crippen MR) is 127 cm³/mol. The molecule has 2 aromatic carbocycles. The molecule has 0 saturated carbocycles. The minimum atomic E-state index is -4.41. The fourth-order valence-corrected chi connectivity index (χ4v) is 4.24. The summed E-state index contributed by atoms with van der Waals surface area (Å²) in [6.45, 7) is 4.52. The molecule has 190 valence electrons. The van der Waals surface area contributed by atoms with E-state index in [1.54, 1.807) is 11.8 Å². The molecule has 1 amide bonds. The summed E-state index contributed by atoms with van der Waals surface area (Å²) < 4.78 is 53.4. The number of carbonyl (C=O) groups is 1. The van der Waals surface area contributed by atoms with Crippen molar-refractivity contribution in [3.8, 4) is 0 Å². The minimum Gasteiger partial charge on any atom is -0.349 e. The van der Waals surface area contributed by atoms with Crippen LogP contribution in [0.1, 0.15) is 59.1 Å². The van der Waals surface area contributed by atoms with Gasteiger partial charge in [-0.3, -0.25) is 14.2 Å². The van der Waals surface area contributed by atoms with Crippen LogP contribution in [0.4, 0.5) is 23.5 Å². The molecular weight excluding hydrogens is 476 g/mol. The first kappa shape index (κ1) is 25.4. The molecular formula is C26H26F4N4O2. The normalized spacial score (nSPS) is 14.3. The fraction of sp³-hybridized carbons (Fsp3) is 0.346. The van der Waals surface area contributed by atoms with Crippen LogP contribution >= 0.6 is 0 Å². The van der Waals surface area contributed by atoms with Gasteiger partial charge in [-0.1, -0.05) is 19.1 Å². The molecule has 1 unspecified atom stereocenters. The number of carbonyl (C=O) groups excluding carboxylic acids is 1. The highest BCUT2D eigenvalue weighted by Gasteiger charge is 2.30. The molecule has 0 saturated heterocycles. The van der Waals surface area contributed by atoms with Crippen LogP contribution in [0, 0.1) is 5.82 Å². The Labute approximate surface area is 205 Å². The van der Waals surface area contributed by atoms with Crippen LogP contribution in [0.2, 0.25) is 0 Å². The number of hydrogen-bond acceptors (Lipinski definition) is 4. The maximum Gasteiger partial charge on any atom is 0.416 e. The van der Waals surface area contributed by atoms with Gasteiger partial charge in [-0.25, -0.2) is 9.37 Å². The molecule has 0 bridgehead atoms. The van der Waals surface area contributed by atoms with E-state index in [1.165, 1.54) is 41.0 Å². The SMILES string of the molecule is CCCn1c(NC(C)c2ccc(C(F)(F)F)cc2)nc2c(c1=O)CN(C(=O)c1ccc(F)cc1)CC2. The van der Waals surface area contributed by atoms with Gasteiger partial charge < -0.3 is 10.2 Å². The summed E-state index contributed by atoms with van der Waals surface area (Å²) in [4.78, 5) is 32.5. The molecule has 0 fully saturated rings. The average molecular weight is 503 g/mol. The largest absolute Gasteiger partial charge is 0.416 e. The van der Waals surface area contributed by atoms with Crippen molar-refractivity contribution in [3.63, 3.8) is 0 Å². The third-order valence-corrected chi connectivity index (χ3v) is 6.22. The van der Waals surface area contributed by atoms with Gasteiger partial charge in [0.1, 0.15) is 5.82 Å². The first-order valence-electron chi connectivity index (χ1n) is 11.7. The van der Waals surface area contributed by atoms with Crippen molar-refractivity contribution in [1.82, 2.24) is 14.5 Å². The van der Waals surface area contributed by atoms with E-state index in [4.69, 9.17) is 0 Å². The molecule has 3 aromatic rings. The quantitative estimate of drug-likeness (QED) is 0.472. The van der Waals surface area contributed by atoms with Crippen molar-refractivity contribution in [2.45, 2.75) is 52.0 Å². The van der Waals surface area contributed by atoms with Crippen LogP contribution in [0.25, 0.3) is 0 Å². The van der Waals surface area contributed by atoms with E-state index < -0.39 is 23.6 Å². The summed E-state index contributed by atoms with van der Waals surface area (Å²) in [5, 5.41) is 3.18. The zero-order valence-corrected chi connectivity index (χ0v) is 19.9. The first-order valence-corrected chi connectivity index (χ1v) is 11.7. The summed E-state index contributed by atoms with van der Waals surface area (Å²) in [5.74, 6) is -0.390. The Hall–Kier alpha value is -3.69. The van der Waals surface area contributed by atoms with Crippen LogP contribution in [0.15, 0.2) is 53.3 Å². The van der Waals surface area contributed by atoms with E-state index in [9.17, 15) is 27.2 Å². The topological polar surface area (TPSA) is 67.2 Å². The molecule has 1 N–H and O–H groups in total. The standard InChI is InChI=1S/C26H26F4N4O2/c1-3-13-34-24(36)21-15-33(23(35)18-6-10-20(27)11-7-18)14-12-22(21)32-25(34)31-16(2)17-4-8-19(9-5-17)26(28,29)30/h4-11,16H,3,12-15H2,1-2H3,(H,31,32). The third-order valence-electron chi connectivity index (χ3n) is 6.22. The Morgan fingerprint density at radius 3 is 2.39 bits per heavy atom. The summed E-state index contributed by atoms with van der Waals surface area (Å²) in [5.41, 5.74) is 0.975. The van der Waals surface area contributed by atoms with Crippen LogP contribution in [-0.2, 0) is 25.7 Å². The van der Waals surface area contributed by atoms with Gasteiger partial charge in [0.25, 0.3) is 11.5 Å². The van der Waals surface area contributed by atoms with Crippen LogP contribution < -0.4 is 10.9 Å². The average Bonchev–Trinajstić information content (AvgIpc) is 2.86. The summed E-state index contributed by atoms with van der Waals surface area (Å²) in [6.07, 6.45) is -3.39. The number of rotatable bonds is 6. The molecule has 0 radical (unpaired) electrons. The maximum atomic E-state index is 13.4. The fourth-order valence-electron chi connectivity index (χ4n) is 4.24. The molecule has 10 heteroatoms. The Kier molecular flexibility index (Phi) is 7.14. The number of anilines is 1. The monoisotopic (exact) mass is 502 g/mol. The lowest BCUT2D eigenvalue weighted by Gasteiger charge is -2.29. The second kappa shape index (κ2) is 10.1. The van der Waals surface area contributed by atoms with E-state index in [1.807, 2.05) is 6.92 Å². The lowest BCUT2D eigenvalue weighted by molar-refractivity contribution is -0.137. The molecule has 1 aliphatic rings. The zero-order valence-electron chi connectivity index (χ0n) is 19.9. The van der Waals surface area contributed by atoms with Crippen LogP contribution in [-0.4, -0.2) is 26.9 Å². The molecule has 1 aliphatic heterocycles. The molecule has 6 nitrogen and oxygen atoms in total. The van der Waals surface area contributed by atoms with Crippen LogP contribution in [0.5, 0.6) is 0 Å². The molecule has 1 atom stereocenters. The number of benzene rings is 2. The Morgan fingerprint density at radius 2 is 1.78 bits per heavy atom. The molecule has 0 spiro atoms. The van der Waals surface area contributed by atoms with Gasteiger partial charge in [-0.2, -0.15) is 13.2 Å². The number of nitrogens with zero attached hydrogens (tertiary/aromatic N) is 3. The predicted octanol–water partition coefficient (Wildman–Crippen LogP) is 5.18. The summed E-state index contributed by atoms with van der Waals surface area (Å²) >= 11 is 0. The lowest BCUT2D eigenvalue weighted by atomic mass is 10.0. The Balaban J connectivity index is 1.59. The molecule has 1 aromatic heterocycles. The number of fused-ring (bicyclic) bond motifs is 1. The summed E-state index contributed by atoms with van der Waals surface area (Å²) in [7, 11) is 0. The zero-order chi connectivity index (χ0) is 26.0. The number of alkyl halides is 3. The molecule has 4 rings (SSSR count). The van der Waals surface area contributed by atoms with Crippen molar-refractivity contribution in [2.75, 3.05) is 11.9 Å². The summed E-state index contributed by atoms with van der Waals surface area (Å²) in [6, 6.07) is 9.72. The van der Waals surface area contributed by atoms with Gasteiger partial charge in [-0.05, 0) is 55.3 Å². The van der Waals surface area contributed by atoms with E-state index in [0.717, 1.165) is 12.1 Å². The number of amides is 1. The Bertz CT molecular complexity index is 1300. The van der Waals surface area contributed by atoms with E-state index in [2.05, 4.69) is 10.3 Å². The van der Waals surface area contributed by atoms with Gasteiger partial charge in [0.05, 0.1) is 29.4 Å². The first-order chi connectivity index (χ1) is 17.1. The van der Waals surface area contributed by atoms with Crippen molar-refractivity contribution < 1.29 is 22.4 Å². The number of halogens is 4. The second-order valence-corrected chi connectivity index (χ2v) is 8.79. The van der Waals surface area contributed by atoms with E-state index in [0.29, 0.717) is 54.3 Å². The van der Waals surface area contributed by atoms with Crippen molar-refractivity contribution in [1.29, 1.82) is 0 Å². The van der Waals surface area contributed by atoms with Crippen LogP contribution in [0.3, 0.4) is 0 Å². The molecule has 36 heavy (non-hydrogen) atoms. The smallest absolute Gasteiger partial charge is 0.349 e. The number of nitrogens with one attached hydrogen (secondary N) is 1. The molecule has 0 aliphatic carbocycles. The third kappa shape index (κ3) is 5.27. The Morgan fingerprint density at radius 1 is 1.11 bits per heavy atom. The van der Waals surface area contributed by atoms with Crippen molar-refractivity contribution in [2.24, 2.45) is 0 Å². The molecule has 2 heterocycles. The minimum absolute atomic E-state index is 0.0931. The van der Waals surface area contributed by atoms with Gasteiger partial charge in [0.15, 0.2) is 0 Å². The van der Waals surface area contributed by atoms with Gasteiger partial charge >= 0.3 is 6.18 Å². The highest BCUT2D eigenvalue weighted by Crippen LogP contribution is 2.30. The number of hydrogen-bond donors (Lipinski definition) is 1.